The third-order valence-corrected chi connectivity index (χ3v) is 2.58. The molecule has 0 aliphatic heterocycles. The van der Waals surface area contributed by atoms with E-state index in [9.17, 15) is 4.79 Å². The van der Waals surface area contributed by atoms with E-state index < -0.39 is 11.6 Å². The molecule has 0 aromatic heterocycles. The Morgan fingerprint density at radius 3 is 2.35 bits per heavy atom. The smallest absolute Gasteiger partial charge is 0.331 e. The van der Waals surface area contributed by atoms with Gasteiger partial charge >= 0.3 is 5.97 Å². The van der Waals surface area contributed by atoms with Gasteiger partial charge in [-0.1, -0.05) is 44.2 Å². The van der Waals surface area contributed by atoms with Crippen molar-refractivity contribution in [3.63, 3.8) is 0 Å². The SMILES string of the molecule is CC(C)CC(N=Cc1ccccc1)C(=O)OC(C)(C)C. The van der Waals surface area contributed by atoms with Gasteiger partial charge in [0.15, 0.2) is 0 Å². The van der Waals surface area contributed by atoms with Crippen molar-refractivity contribution in [2.24, 2.45) is 10.9 Å². The highest BCUT2D eigenvalue weighted by molar-refractivity contribution is 5.84. The molecule has 0 saturated heterocycles. The van der Waals surface area contributed by atoms with Crippen molar-refractivity contribution in [3.05, 3.63) is 35.9 Å². The molecule has 1 unspecified atom stereocenters. The predicted molar refractivity (Wildman–Crippen MR) is 83.1 cm³/mol. The minimum atomic E-state index is -0.478. The maximum atomic E-state index is 12.2. The number of esters is 1. The number of ether oxygens (including phenoxy) is 1. The van der Waals surface area contributed by atoms with Crippen molar-refractivity contribution >= 4 is 12.2 Å². The number of hydrogen-bond donors (Lipinski definition) is 0. The molecule has 110 valence electrons. The quantitative estimate of drug-likeness (QED) is 0.604. The molecule has 0 saturated carbocycles. The molecule has 0 amide bonds. The van der Waals surface area contributed by atoms with Crippen LogP contribution in [0.15, 0.2) is 35.3 Å². The number of benzene rings is 1. The average Bonchev–Trinajstić information content (AvgIpc) is 2.33. The van der Waals surface area contributed by atoms with Gasteiger partial charge in [0.05, 0.1) is 0 Å². The Bertz CT molecular complexity index is 444. The van der Waals surface area contributed by atoms with Crippen LogP contribution >= 0.6 is 0 Å². The Labute approximate surface area is 122 Å². The van der Waals surface area contributed by atoms with E-state index in [4.69, 9.17) is 4.74 Å². The zero-order chi connectivity index (χ0) is 15.2. The van der Waals surface area contributed by atoms with Gasteiger partial charge in [-0.05, 0) is 38.7 Å². The fourth-order valence-corrected chi connectivity index (χ4v) is 1.75. The molecule has 1 aromatic carbocycles. The summed E-state index contributed by atoms with van der Waals surface area (Å²) in [7, 11) is 0. The van der Waals surface area contributed by atoms with E-state index in [1.54, 1.807) is 6.21 Å². The first kappa shape index (κ1) is 16.4. The van der Waals surface area contributed by atoms with E-state index in [-0.39, 0.29) is 5.97 Å². The molecule has 1 rings (SSSR count). The first-order valence-corrected chi connectivity index (χ1v) is 7.09. The third-order valence-electron chi connectivity index (χ3n) is 2.58. The molecule has 3 nitrogen and oxygen atoms in total. The van der Waals surface area contributed by atoms with Crippen LogP contribution in [0.1, 0.15) is 46.6 Å². The molecule has 0 aliphatic carbocycles. The highest BCUT2D eigenvalue weighted by Crippen LogP contribution is 2.15. The minimum absolute atomic E-state index is 0.251. The molecule has 0 fully saturated rings. The standard InChI is InChI=1S/C17H25NO2/c1-13(2)11-15(16(19)20-17(3,4)5)18-12-14-9-7-6-8-10-14/h6-10,12-13,15H,11H2,1-5H3. The summed E-state index contributed by atoms with van der Waals surface area (Å²) in [6, 6.07) is 9.35. The van der Waals surface area contributed by atoms with Crippen LogP contribution in [0.5, 0.6) is 0 Å². The maximum absolute atomic E-state index is 12.2. The van der Waals surface area contributed by atoms with Gasteiger partial charge in [-0.2, -0.15) is 0 Å². The Morgan fingerprint density at radius 2 is 1.85 bits per heavy atom. The van der Waals surface area contributed by atoms with Crippen LogP contribution < -0.4 is 0 Å². The molecule has 0 aliphatic rings. The zero-order valence-electron chi connectivity index (χ0n) is 13.1. The van der Waals surface area contributed by atoms with Crippen molar-refractivity contribution in [1.82, 2.24) is 0 Å². The number of nitrogens with zero attached hydrogens (tertiary/aromatic N) is 1. The average molecular weight is 275 g/mol. The van der Waals surface area contributed by atoms with Gasteiger partial charge in [0.1, 0.15) is 11.6 Å². The summed E-state index contributed by atoms with van der Waals surface area (Å²) in [5, 5.41) is 0. The van der Waals surface area contributed by atoms with Gasteiger partial charge in [0, 0.05) is 6.21 Å². The van der Waals surface area contributed by atoms with Crippen LogP contribution in [0.25, 0.3) is 0 Å². The van der Waals surface area contributed by atoms with E-state index in [0.29, 0.717) is 12.3 Å². The summed E-state index contributed by atoms with van der Waals surface area (Å²) in [4.78, 5) is 16.6. The van der Waals surface area contributed by atoms with Gasteiger partial charge in [-0.15, -0.1) is 0 Å². The topological polar surface area (TPSA) is 38.7 Å². The Balaban J connectivity index is 2.79. The van der Waals surface area contributed by atoms with E-state index in [2.05, 4.69) is 18.8 Å². The highest BCUT2D eigenvalue weighted by Gasteiger charge is 2.24. The molecule has 3 heteroatoms. The lowest BCUT2D eigenvalue weighted by Gasteiger charge is -2.23. The second-order valence-corrected chi connectivity index (χ2v) is 6.37. The lowest BCUT2D eigenvalue weighted by atomic mass is 10.0. The van der Waals surface area contributed by atoms with Gasteiger partial charge in [-0.25, -0.2) is 4.79 Å². The summed E-state index contributed by atoms with van der Waals surface area (Å²) in [5.41, 5.74) is 0.513. The van der Waals surface area contributed by atoms with Gasteiger partial charge in [0.25, 0.3) is 0 Å². The van der Waals surface area contributed by atoms with Gasteiger partial charge < -0.3 is 4.74 Å². The molecule has 0 radical (unpaired) electrons. The minimum Gasteiger partial charge on any atom is -0.458 e. The Morgan fingerprint density at radius 1 is 1.25 bits per heavy atom. The van der Waals surface area contributed by atoms with E-state index in [1.165, 1.54) is 0 Å². The lowest BCUT2D eigenvalue weighted by molar-refractivity contribution is -0.156. The molecule has 0 N–H and O–H groups in total. The number of rotatable bonds is 5. The van der Waals surface area contributed by atoms with Crippen LogP contribution in [0.3, 0.4) is 0 Å². The summed E-state index contributed by atoms with van der Waals surface area (Å²) in [5.74, 6) is 0.138. The van der Waals surface area contributed by atoms with Crippen LogP contribution in [0.4, 0.5) is 0 Å². The molecule has 0 bridgehead atoms. The van der Waals surface area contributed by atoms with E-state index >= 15 is 0 Å². The fourth-order valence-electron chi connectivity index (χ4n) is 1.75. The lowest BCUT2D eigenvalue weighted by Crippen LogP contribution is -2.31. The molecule has 1 aromatic rings. The first-order chi connectivity index (χ1) is 9.28. The van der Waals surface area contributed by atoms with Crippen LogP contribution in [-0.2, 0) is 9.53 Å². The molecule has 0 spiro atoms. The first-order valence-electron chi connectivity index (χ1n) is 7.09. The van der Waals surface area contributed by atoms with Crippen LogP contribution in [-0.4, -0.2) is 23.8 Å². The predicted octanol–water partition coefficient (Wildman–Crippen LogP) is 3.86. The number of hydrogen-bond acceptors (Lipinski definition) is 3. The van der Waals surface area contributed by atoms with Crippen molar-refractivity contribution in [2.75, 3.05) is 0 Å². The molecular formula is C17H25NO2. The van der Waals surface area contributed by atoms with Crippen molar-refractivity contribution in [1.29, 1.82) is 0 Å². The summed E-state index contributed by atoms with van der Waals surface area (Å²) >= 11 is 0. The Hall–Kier alpha value is -1.64. The summed E-state index contributed by atoms with van der Waals surface area (Å²) in [6.07, 6.45) is 2.44. The normalized spacial score (nSPS) is 13.7. The second-order valence-electron chi connectivity index (χ2n) is 6.37. The fraction of sp³-hybridized carbons (Fsp3) is 0.529. The van der Waals surface area contributed by atoms with Crippen molar-refractivity contribution in [2.45, 2.75) is 52.7 Å². The molecule has 1 atom stereocenters. The Kier molecular flexibility index (Phi) is 5.93. The highest BCUT2D eigenvalue weighted by atomic mass is 16.6. The monoisotopic (exact) mass is 275 g/mol. The van der Waals surface area contributed by atoms with E-state index in [1.807, 2.05) is 51.1 Å². The zero-order valence-corrected chi connectivity index (χ0v) is 13.1. The number of aliphatic imine (C=N–C) groups is 1. The van der Waals surface area contributed by atoms with Gasteiger partial charge in [0.2, 0.25) is 0 Å². The third kappa shape index (κ3) is 6.50. The molecular weight excluding hydrogens is 250 g/mol. The maximum Gasteiger partial charge on any atom is 0.331 e. The van der Waals surface area contributed by atoms with Crippen molar-refractivity contribution < 1.29 is 9.53 Å². The number of carbonyl (C=O) groups excluding carboxylic acids is 1. The van der Waals surface area contributed by atoms with E-state index in [0.717, 1.165) is 5.56 Å². The second kappa shape index (κ2) is 7.22. The van der Waals surface area contributed by atoms with Crippen LogP contribution in [0, 0.1) is 5.92 Å². The molecule has 0 heterocycles. The summed E-state index contributed by atoms with van der Waals surface area (Å²) < 4.78 is 5.44. The van der Waals surface area contributed by atoms with Gasteiger partial charge in [-0.3, -0.25) is 4.99 Å². The largest absolute Gasteiger partial charge is 0.458 e. The summed E-state index contributed by atoms with van der Waals surface area (Å²) in [6.45, 7) is 9.78. The number of carbonyl (C=O) groups is 1. The van der Waals surface area contributed by atoms with Crippen molar-refractivity contribution in [3.8, 4) is 0 Å². The molecule has 20 heavy (non-hydrogen) atoms. The van der Waals surface area contributed by atoms with Crippen LogP contribution in [0.2, 0.25) is 0 Å².